The second-order valence-corrected chi connectivity index (χ2v) is 3.46. The van der Waals surface area contributed by atoms with E-state index in [9.17, 15) is 4.79 Å². The third-order valence-corrected chi connectivity index (χ3v) is 2.44. The zero-order valence-electron chi connectivity index (χ0n) is 9.03. The van der Waals surface area contributed by atoms with E-state index in [4.69, 9.17) is 5.11 Å². The lowest BCUT2D eigenvalue weighted by Crippen LogP contribution is -2.11. The van der Waals surface area contributed by atoms with E-state index >= 15 is 0 Å². The Kier molecular flexibility index (Phi) is 4.74. The summed E-state index contributed by atoms with van der Waals surface area (Å²) in [7, 11) is 2.86. The van der Waals surface area contributed by atoms with Crippen LogP contribution in [0.25, 0.3) is 0 Å². The van der Waals surface area contributed by atoms with Crippen LogP contribution in [0.5, 0.6) is 0 Å². The Balaban J connectivity index is 0.000000245. The summed E-state index contributed by atoms with van der Waals surface area (Å²) >= 11 is 0. The lowest BCUT2D eigenvalue weighted by atomic mass is 10.00. The minimum absolute atomic E-state index is 0.169. The SMILES string of the molecule is COC(=O)C1=CCC2NC2C1.COCO. The van der Waals surface area contributed by atoms with Gasteiger partial charge in [-0.1, -0.05) is 6.08 Å². The number of methoxy groups -OCH3 is 2. The molecule has 0 bridgehead atoms. The van der Waals surface area contributed by atoms with Crippen molar-refractivity contribution < 1.29 is 19.4 Å². The molecule has 15 heavy (non-hydrogen) atoms. The topological polar surface area (TPSA) is 77.7 Å². The van der Waals surface area contributed by atoms with Gasteiger partial charge in [0.1, 0.15) is 6.79 Å². The maximum Gasteiger partial charge on any atom is 0.333 e. The Hall–Kier alpha value is -0.910. The van der Waals surface area contributed by atoms with Crippen molar-refractivity contribution in [2.45, 2.75) is 24.9 Å². The van der Waals surface area contributed by atoms with Gasteiger partial charge in [-0.25, -0.2) is 4.79 Å². The number of esters is 1. The van der Waals surface area contributed by atoms with E-state index in [2.05, 4.69) is 14.8 Å². The Bertz CT molecular complexity index is 250. The molecule has 0 spiro atoms. The van der Waals surface area contributed by atoms with Gasteiger partial charge in [-0.15, -0.1) is 0 Å². The number of rotatable bonds is 2. The van der Waals surface area contributed by atoms with Crippen LogP contribution in [0.15, 0.2) is 11.6 Å². The van der Waals surface area contributed by atoms with Gasteiger partial charge in [-0.2, -0.15) is 0 Å². The van der Waals surface area contributed by atoms with Crippen LogP contribution in [-0.4, -0.2) is 44.2 Å². The minimum Gasteiger partial charge on any atom is -0.466 e. The fourth-order valence-electron chi connectivity index (χ4n) is 1.54. The molecule has 5 nitrogen and oxygen atoms in total. The van der Waals surface area contributed by atoms with Crippen molar-refractivity contribution in [3.05, 3.63) is 11.6 Å². The van der Waals surface area contributed by atoms with Crippen molar-refractivity contribution >= 4 is 5.97 Å². The van der Waals surface area contributed by atoms with Crippen LogP contribution in [0.3, 0.4) is 0 Å². The monoisotopic (exact) mass is 215 g/mol. The number of carbonyl (C=O) groups is 1. The van der Waals surface area contributed by atoms with Crippen molar-refractivity contribution in [1.82, 2.24) is 5.32 Å². The predicted octanol–water partition coefficient (Wildman–Crippen LogP) is -0.197. The molecule has 2 unspecified atom stereocenters. The molecule has 0 saturated carbocycles. The summed E-state index contributed by atoms with van der Waals surface area (Å²) in [6.45, 7) is -0.181. The number of fused-ring (bicyclic) bond motifs is 1. The van der Waals surface area contributed by atoms with Crippen molar-refractivity contribution in [2.75, 3.05) is 21.0 Å². The molecule has 0 amide bonds. The summed E-state index contributed by atoms with van der Waals surface area (Å²) < 4.78 is 8.72. The first-order chi connectivity index (χ1) is 7.22. The number of hydrogen-bond donors (Lipinski definition) is 2. The lowest BCUT2D eigenvalue weighted by Gasteiger charge is -2.07. The summed E-state index contributed by atoms with van der Waals surface area (Å²) in [6, 6.07) is 1.19. The van der Waals surface area contributed by atoms with Gasteiger partial charge in [0, 0.05) is 24.8 Å². The average molecular weight is 215 g/mol. The molecule has 1 aliphatic heterocycles. The van der Waals surface area contributed by atoms with Crippen LogP contribution >= 0.6 is 0 Å². The first-order valence-electron chi connectivity index (χ1n) is 4.86. The molecule has 2 rings (SSSR count). The molecular formula is C10H17NO4. The van der Waals surface area contributed by atoms with E-state index in [1.165, 1.54) is 14.2 Å². The van der Waals surface area contributed by atoms with Gasteiger partial charge in [0.25, 0.3) is 0 Å². The van der Waals surface area contributed by atoms with Crippen molar-refractivity contribution in [3.63, 3.8) is 0 Å². The molecule has 1 saturated heterocycles. The molecule has 0 aromatic rings. The highest BCUT2D eigenvalue weighted by molar-refractivity contribution is 5.88. The van der Waals surface area contributed by atoms with Crippen LogP contribution in [0, 0.1) is 0 Å². The smallest absolute Gasteiger partial charge is 0.333 e. The number of ether oxygens (including phenoxy) is 2. The van der Waals surface area contributed by atoms with Crippen LogP contribution in [-0.2, 0) is 14.3 Å². The fourth-order valence-corrected chi connectivity index (χ4v) is 1.54. The zero-order valence-corrected chi connectivity index (χ0v) is 9.03. The van der Waals surface area contributed by atoms with Crippen molar-refractivity contribution in [3.8, 4) is 0 Å². The van der Waals surface area contributed by atoms with Gasteiger partial charge in [-0.05, 0) is 12.8 Å². The molecule has 1 heterocycles. The van der Waals surface area contributed by atoms with Crippen LogP contribution in [0.2, 0.25) is 0 Å². The zero-order chi connectivity index (χ0) is 11.3. The van der Waals surface area contributed by atoms with Crippen LogP contribution < -0.4 is 5.32 Å². The molecule has 1 fully saturated rings. The van der Waals surface area contributed by atoms with Crippen molar-refractivity contribution in [2.24, 2.45) is 0 Å². The normalized spacial score (nSPS) is 26.7. The largest absolute Gasteiger partial charge is 0.466 e. The van der Waals surface area contributed by atoms with Crippen LogP contribution in [0.4, 0.5) is 0 Å². The second kappa shape index (κ2) is 5.85. The molecule has 0 radical (unpaired) electrons. The predicted molar refractivity (Wildman–Crippen MR) is 54.1 cm³/mol. The Morgan fingerprint density at radius 3 is 2.73 bits per heavy atom. The molecule has 86 valence electrons. The van der Waals surface area contributed by atoms with E-state index in [0.29, 0.717) is 12.1 Å². The third kappa shape index (κ3) is 3.62. The maximum atomic E-state index is 11.0. The van der Waals surface area contributed by atoms with Gasteiger partial charge in [-0.3, -0.25) is 0 Å². The molecule has 2 N–H and O–H groups in total. The highest BCUT2D eigenvalue weighted by atomic mass is 16.6. The summed E-state index contributed by atoms with van der Waals surface area (Å²) in [5, 5.41) is 10.9. The van der Waals surface area contributed by atoms with E-state index in [0.717, 1.165) is 18.4 Å². The average Bonchev–Trinajstić information content (AvgIpc) is 3.06. The number of hydrogen-bond acceptors (Lipinski definition) is 5. The van der Waals surface area contributed by atoms with E-state index < -0.39 is 0 Å². The molecule has 0 aromatic carbocycles. The highest BCUT2D eigenvalue weighted by Gasteiger charge is 2.39. The lowest BCUT2D eigenvalue weighted by molar-refractivity contribution is -0.136. The summed E-state index contributed by atoms with van der Waals surface area (Å²) in [4.78, 5) is 11.0. The quantitative estimate of drug-likeness (QED) is 0.379. The summed E-state index contributed by atoms with van der Waals surface area (Å²) in [5.74, 6) is -0.169. The van der Waals surface area contributed by atoms with E-state index in [1.807, 2.05) is 6.08 Å². The first kappa shape index (κ1) is 12.2. The third-order valence-electron chi connectivity index (χ3n) is 2.44. The second-order valence-electron chi connectivity index (χ2n) is 3.46. The molecule has 0 aromatic heterocycles. The van der Waals surface area contributed by atoms with Crippen LogP contribution in [0.1, 0.15) is 12.8 Å². The van der Waals surface area contributed by atoms with E-state index in [-0.39, 0.29) is 12.8 Å². The highest BCUT2D eigenvalue weighted by Crippen LogP contribution is 2.28. The molecule has 1 aliphatic carbocycles. The van der Waals surface area contributed by atoms with Gasteiger partial charge in [0.15, 0.2) is 0 Å². The van der Waals surface area contributed by atoms with Gasteiger partial charge in [0.2, 0.25) is 0 Å². The molecule has 2 aliphatic rings. The number of nitrogens with one attached hydrogen (secondary N) is 1. The fraction of sp³-hybridized carbons (Fsp3) is 0.700. The van der Waals surface area contributed by atoms with Gasteiger partial charge in [0.05, 0.1) is 7.11 Å². The standard InChI is InChI=1S/C8H11NO2.C2H6O2/c1-11-8(10)5-2-3-6-7(4-5)9-6;1-4-2-3/h2,6-7,9H,3-4H2,1H3;3H,2H2,1H3. The Morgan fingerprint density at radius 1 is 1.60 bits per heavy atom. The minimum atomic E-state index is -0.181. The van der Waals surface area contributed by atoms with Gasteiger partial charge < -0.3 is 19.9 Å². The number of aliphatic hydroxyl groups is 1. The number of carbonyl (C=O) groups excluding carboxylic acids is 1. The Labute approximate surface area is 89.1 Å². The van der Waals surface area contributed by atoms with Gasteiger partial charge >= 0.3 is 5.97 Å². The van der Waals surface area contributed by atoms with Crippen molar-refractivity contribution in [1.29, 1.82) is 0 Å². The molecular weight excluding hydrogens is 198 g/mol. The first-order valence-corrected chi connectivity index (χ1v) is 4.86. The molecule has 2 atom stereocenters. The maximum absolute atomic E-state index is 11.0. The Morgan fingerprint density at radius 2 is 2.27 bits per heavy atom. The van der Waals surface area contributed by atoms with E-state index in [1.54, 1.807) is 0 Å². The summed E-state index contributed by atoms with van der Waals surface area (Å²) in [6.07, 6.45) is 3.80. The summed E-state index contributed by atoms with van der Waals surface area (Å²) in [5.41, 5.74) is 0.832. The molecule has 5 heteroatoms. The number of aliphatic hydroxyl groups excluding tert-OH is 1.